The van der Waals surface area contributed by atoms with Gasteiger partial charge in [-0.2, -0.15) is 0 Å². The summed E-state index contributed by atoms with van der Waals surface area (Å²) in [6.07, 6.45) is 4.17. The van der Waals surface area contributed by atoms with Gasteiger partial charge in [0.2, 0.25) is 0 Å². The molecule has 0 atom stereocenters. The van der Waals surface area contributed by atoms with E-state index >= 15 is 0 Å². The van der Waals surface area contributed by atoms with Crippen LogP contribution in [0.15, 0.2) is 46.6 Å². The van der Waals surface area contributed by atoms with Gasteiger partial charge in [-0.15, -0.1) is 0 Å². The second-order valence-electron chi connectivity index (χ2n) is 2.43. The van der Waals surface area contributed by atoms with Crippen LogP contribution in [0.25, 0.3) is 5.57 Å². The molecule has 0 saturated heterocycles. The first-order valence-corrected chi connectivity index (χ1v) is 5.11. The Balaban J connectivity index is 2.97. The van der Waals surface area contributed by atoms with E-state index < -0.39 is 0 Å². The predicted molar refractivity (Wildman–Crippen MR) is 63.3 cm³/mol. The summed E-state index contributed by atoms with van der Waals surface area (Å²) in [7, 11) is 0. The Bertz CT molecular complexity index is 283. The Morgan fingerprint density at radius 3 is 2.42 bits per heavy atom. The molecule has 1 aromatic carbocycles. The van der Waals surface area contributed by atoms with E-state index in [1.54, 1.807) is 0 Å². The summed E-state index contributed by atoms with van der Waals surface area (Å²) in [6.45, 7) is 2.03. The summed E-state index contributed by atoms with van der Waals surface area (Å²) < 4.78 is 2.09. The average molecular weight is 270 g/mol. The van der Waals surface area contributed by atoms with Crippen LogP contribution in [0.3, 0.4) is 0 Å². The second-order valence-corrected chi connectivity index (χ2v) is 3.05. The zero-order valence-electron chi connectivity index (χ0n) is 7.00. The quantitative estimate of drug-likeness (QED) is 0.562. The number of halogens is 1. The van der Waals surface area contributed by atoms with Gasteiger partial charge in [0.05, 0.1) is 0 Å². The maximum Gasteiger partial charge on any atom is -0.0127 e. The maximum atomic E-state index is 2.26. The van der Waals surface area contributed by atoms with Crippen molar-refractivity contribution in [3.05, 3.63) is 52.1 Å². The van der Waals surface area contributed by atoms with E-state index in [0.717, 1.165) is 0 Å². The van der Waals surface area contributed by atoms with Crippen molar-refractivity contribution in [2.75, 3.05) is 0 Å². The van der Waals surface area contributed by atoms with Crippen LogP contribution in [0.4, 0.5) is 0 Å². The fourth-order valence-corrected chi connectivity index (χ4v) is 1.57. The smallest absolute Gasteiger partial charge is 0.0127 e. The highest BCUT2D eigenvalue weighted by Crippen LogP contribution is 2.16. The molecule has 0 amide bonds. The predicted octanol–water partition coefficient (Wildman–Crippen LogP) is 4.04. The topological polar surface area (TPSA) is 0 Å². The highest BCUT2D eigenvalue weighted by molar-refractivity contribution is 14.1. The van der Waals surface area contributed by atoms with Crippen LogP contribution in [0.2, 0.25) is 0 Å². The van der Waals surface area contributed by atoms with E-state index in [-0.39, 0.29) is 0 Å². The molecule has 1 rings (SSSR count). The molecule has 0 aliphatic heterocycles. The first kappa shape index (κ1) is 9.52. The van der Waals surface area contributed by atoms with E-state index in [0.29, 0.717) is 0 Å². The van der Waals surface area contributed by atoms with Gasteiger partial charge in [-0.1, -0.05) is 65.1 Å². The third kappa shape index (κ3) is 2.48. The second kappa shape index (κ2) is 5.14. The molecular formula is C11H11I. The summed E-state index contributed by atoms with van der Waals surface area (Å²) in [4.78, 5) is 0. The fourth-order valence-electron chi connectivity index (χ4n) is 1.01. The number of hydrogen-bond donors (Lipinski definition) is 0. The van der Waals surface area contributed by atoms with Gasteiger partial charge in [0.25, 0.3) is 0 Å². The zero-order chi connectivity index (χ0) is 8.81. The normalized spacial score (nSPS) is 12.3. The SMILES string of the molecule is C/C=C/C(=C\I)c1ccccc1. The van der Waals surface area contributed by atoms with Crippen LogP contribution in [-0.4, -0.2) is 0 Å². The van der Waals surface area contributed by atoms with Gasteiger partial charge in [-0.25, -0.2) is 0 Å². The molecule has 1 aromatic rings. The molecule has 62 valence electrons. The molecule has 0 radical (unpaired) electrons. The van der Waals surface area contributed by atoms with Crippen molar-refractivity contribution in [3.8, 4) is 0 Å². The molecule has 0 saturated carbocycles. The van der Waals surface area contributed by atoms with E-state index in [1.807, 2.05) is 13.0 Å². The molecule has 0 N–H and O–H groups in total. The highest BCUT2D eigenvalue weighted by Gasteiger charge is 1.93. The van der Waals surface area contributed by atoms with Gasteiger partial charge in [-0.3, -0.25) is 0 Å². The molecule has 0 fully saturated rings. The summed E-state index contributed by atoms with van der Waals surface area (Å²) in [5, 5.41) is 0. The van der Waals surface area contributed by atoms with Crippen molar-refractivity contribution in [1.29, 1.82) is 0 Å². The van der Waals surface area contributed by atoms with Crippen LogP contribution >= 0.6 is 22.6 Å². The van der Waals surface area contributed by atoms with Gasteiger partial charge in [0.1, 0.15) is 0 Å². The monoisotopic (exact) mass is 270 g/mol. The van der Waals surface area contributed by atoms with Crippen molar-refractivity contribution in [1.82, 2.24) is 0 Å². The van der Waals surface area contributed by atoms with Gasteiger partial charge in [0, 0.05) is 0 Å². The van der Waals surface area contributed by atoms with Crippen molar-refractivity contribution in [3.63, 3.8) is 0 Å². The number of allylic oxidation sites excluding steroid dienone is 3. The van der Waals surface area contributed by atoms with Gasteiger partial charge < -0.3 is 0 Å². The Morgan fingerprint density at radius 2 is 1.92 bits per heavy atom. The van der Waals surface area contributed by atoms with E-state index in [2.05, 4.69) is 63.1 Å². The van der Waals surface area contributed by atoms with Gasteiger partial charge in [0.15, 0.2) is 0 Å². The lowest BCUT2D eigenvalue weighted by atomic mass is 10.1. The molecule has 0 nitrogen and oxygen atoms in total. The van der Waals surface area contributed by atoms with Crippen LogP contribution < -0.4 is 0 Å². The molecule has 0 heterocycles. The Kier molecular flexibility index (Phi) is 4.08. The van der Waals surface area contributed by atoms with Crippen LogP contribution in [0, 0.1) is 0 Å². The lowest BCUT2D eigenvalue weighted by Gasteiger charge is -1.98. The summed E-state index contributed by atoms with van der Waals surface area (Å²) >= 11 is 2.26. The minimum absolute atomic E-state index is 1.26. The number of hydrogen-bond acceptors (Lipinski definition) is 0. The minimum Gasteiger partial charge on any atom is -0.0870 e. The van der Waals surface area contributed by atoms with Crippen molar-refractivity contribution in [2.24, 2.45) is 0 Å². The molecule has 0 aliphatic carbocycles. The first-order valence-electron chi connectivity index (χ1n) is 3.87. The molecule has 12 heavy (non-hydrogen) atoms. The molecule has 0 unspecified atom stereocenters. The molecule has 0 bridgehead atoms. The van der Waals surface area contributed by atoms with E-state index in [1.165, 1.54) is 11.1 Å². The van der Waals surface area contributed by atoms with Crippen LogP contribution in [0.1, 0.15) is 12.5 Å². The number of rotatable bonds is 2. The van der Waals surface area contributed by atoms with Crippen LogP contribution in [0.5, 0.6) is 0 Å². The maximum absolute atomic E-state index is 2.26. The largest absolute Gasteiger partial charge is 0.0870 e. The van der Waals surface area contributed by atoms with Gasteiger partial charge >= 0.3 is 0 Å². The van der Waals surface area contributed by atoms with Crippen molar-refractivity contribution < 1.29 is 0 Å². The summed E-state index contributed by atoms with van der Waals surface area (Å²) in [6, 6.07) is 10.4. The van der Waals surface area contributed by atoms with Crippen molar-refractivity contribution in [2.45, 2.75) is 6.92 Å². The highest BCUT2D eigenvalue weighted by atomic mass is 127. The third-order valence-corrected chi connectivity index (χ3v) is 2.24. The lowest BCUT2D eigenvalue weighted by Crippen LogP contribution is -1.76. The standard InChI is InChI=1S/C11H11I/c1-2-6-11(9-12)10-7-4-3-5-8-10/h2-9H,1H3/b6-2+,11-9+. The summed E-state index contributed by atoms with van der Waals surface area (Å²) in [5.74, 6) is 0. The van der Waals surface area contributed by atoms with E-state index in [9.17, 15) is 0 Å². The fraction of sp³-hybridized carbons (Fsp3) is 0.0909. The Hall–Kier alpha value is -0.570. The lowest BCUT2D eigenvalue weighted by molar-refractivity contribution is 1.62. The average Bonchev–Trinajstić information content (AvgIpc) is 2.15. The number of benzene rings is 1. The molecule has 1 heteroatoms. The Morgan fingerprint density at radius 1 is 1.25 bits per heavy atom. The minimum atomic E-state index is 1.26. The molecule has 0 aliphatic rings. The third-order valence-electron chi connectivity index (χ3n) is 1.57. The molecule has 0 aromatic heterocycles. The molecular weight excluding hydrogens is 259 g/mol. The summed E-state index contributed by atoms with van der Waals surface area (Å²) in [5.41, 5.74) is 2.53. The van der Waals surface area contributed by atoms with Crippen LogP contribution in [-0.2, 0) is 0 Å². The van der Waals surface area contributed by atoms with Gasteiger partial charge in [-0.05, 0) is 22.1 Å². The van der Waals surface area contributed by atoms with Crippen molar-refractivity contribution >= 4 is 28.2 Å². The molecule has 0 spiro atoms. The zero-order valence-corrected chi connectivity index (χ0v) is 9.15. The van der Waals surface area contributed by atoms with E-state index in [4.69, 9.17) is 0 Å². The first-order chi connectivity index (χ1) is 5.88. The Labute approximate surface area is 87.1 Å².